The van der Waals surface area contributed by atoms with E-state index >= 15 is 0 Å². The number of hydrogen-bond acceptors (Lipinski definition) is 4. The molecule has 0 heterocycles. The van der Waals surface area contributed by atoms with E-state index in [1.165, 1.54) is 11.8 Å². The van der Waals surface area contributed by atoms with Gasteiger partial charge in [-0.2, -0.15) is 5.26 Å². The van der Waals surface area contributed by atoms with Gasteiger partial charge in [0.05, 0.1) is 24.5 Å². The predicted molar refractivity (Wildman–Crippen MR) is 101 cm³/mol. The van der Waals surface area contributed by atoms with Crippen LogP contribution in [0.5, 0.6) is 5.75 Å². The first-order valence-corrected chi connectivity index (χ1v) is 9.18. The number of rotatable bonds is 8. The van der Waals surface area contributed by atoms with E-state index in [9.17, 15) is 4.79 Å². The van der Waals surface area contributed by atoms with Crippen LogP contribution in [0.1, 0.15) is 24.5 Å². The van der Waals surface area contributed by atoms with Crippen molar-refractivity contribution in [1.82, 2.24) is 4.90 Å². The normalized spacial score (nSPS) is 10.1. The van der Waals surface area contributed by atoms with E-state index in [0.29, 0.717) is 17.9 Å². The molecule has 0 aliphatic rings. The third-order valence-electron chi connectivity index (χ3n) is 3.72. The summed E-state index contributed by atoms with van der Waals surface area (Å²) in [5.74, 6) is 1.33. The van der Waals surface area contributed by atoms with Gasteiger partial charge in [0.25, 0.3) is 0 Å². The van der Waals surface area contributed by atoms with Crippen molar-refractivity contribution >= 4 is 17.7 Å². The fourth-order valence-corrected chi connectivity index (χ4v) is 3.18. The fraction of sp³-hybridized carbons (Fsp3) is 0.300. The predicted octanol–water partition coefficient (Wildman–Crippen LogP) is 4.10. The average molecular weight is 354 g/mol. The Morgan fingerprint density at radius 2 is 1.84 bits per heavy atom. The van der Waals surface area contributed by atoms with Crippen LogP contribution in [-0.2, 0) is 11.3 Å². The summed E-state index contributed by atoms with van der Waals surface area (Å²) in [6.07, 6.45) is 0.912. The van der Waals surface area contributed by atoms with Crippen LogP contribution in [0.15, 0.2) is 53.4 Å². The van der Waals surface area contributed by atoms with Gasteiger partial charge in [0, 0.05) is 18.0 Å². The number of benzene rings is 2. The van der Waals surface area contributed by atoms with Crippen molar-refractivity contribution in [2.45, 2.75) is 24.8 Å². The molecule has 0 aromatic heterocycles. The molecular weight excluding hydrogens is 332 g/mol. The number of thioether (sulfide) groups is 1. The third kappa shape index (κ3) is 5.84. The van der Waals surface area contributed by atoms with Crippen molar-refractivity contribution in [3.63, 3.8) is 0 Å². The van der Waals surface area contributed by atoms with Gasteiger partial charge in [0.1, 0.15) is 5.75 Å². The van der Waals surface area contributed by atoms with E-state index in [0.717, 1.165) is 29.2 Å². The number of methoxy groups -OCH3 is 1. The van der Waals surface area contributed by atoms with Gasteiger partial charge >= 0.3 is 0 Å². The zero-order valence-electron chi connectivity index (χ0n) is 14.6. The second-order valence-corrected chi connectivity index (χ2v) is 6.64. The number of ether oxygens (including phenoxy) is 1. The summed E-state index contributed by atoms with van der Waals surface area (Å²) in [6, 6.07) is 17.2. The summed E-state index contributed by atoms with van der Waals surface area (Å²) in [5, 5.41) is 8.87. The van der Waals surface area contributed by atoms with Crippen molar-refractivity contribution in [2.75, 3.05) is 19.4 Å². The fourth-order valence-electron chi connectivity index (χ4n) is 2.38. The van der Waals surface area contributed by atoms with Gasteiger partial charge in [-0.3, -0.25) is 4.79 Å². The molecule has 0 radical (unpaired) electrons. The molecule has 0 spiro atoms. The lowest BCUT2D eigenvalue weighted by molar-refractivity contribution is -0.129. The number of carbonyl (C=O) groups is 1. The number of amides is 1. The summed E-state index contributed by atoms with van der Waals surface area (Å²) in [6.45, 7) is 3.36. The lowest BCUT2D eigenvalue weighted by Gasteiger charge is -2.22. The minimum Gasteiger partial charge on any atom is -0.497 e. The quantitative estimate of drug-likeness (QED) is 0.670. The van der Waals surface area contributed by atoms with Crippen LogP contribution in [0.25, 0.3) is 0 Å². The summed E-state index contributed by atoms with van der Waals surface area (Å²) < 4.78 is 5.14. The van der Waals surface area contributed by atoms with Gasteiger partial charge in [-0.15, -0.1) is 11.8 Å². The molecule has 0 fully saturated rings. The van der Waals surface area contributed by atoms with Gasteiger partial charge in [0.15, 0.2) is 0 Å². The average Bonchev–Trinajstić information content (AvgIpc) is 2.66. The highest BCUT2D eigenvalue weighted by Crippen LogP contribution is 2.22. The van der Waals surface area contributed by atoms with E-state index in [2.05, 4.69) is 13.0 Å². The van der Waals surface area contributed by atoms with Crippen molar-refractivity contribution < 1.29 is 9.53 Å². The Kier molecular flexibility index (Phi) is 7.36. The molecule has 0 aliphatic carbocycles. The summed E-state index contributed by atoms with van der Waals surface area (Å²) in [4.78, 5) is 15.5. The van der Waals surface area contributed by atoms with Crippen LogP contribution in [0, 0.1) is 11.3 Å². The highest BCUT2D eigenvalue weighted by Gasteiger charge is 2.13. The molecule has 0 N–H and O–H groups in total. The van der Waals surface area contributed by atoms with Crippen LogP contribution in [-0.4, -0.2) is 30.2 Å². The Balaban J connectivity index is 1.95. The Hall–Kier alpha value is -2.45. The van der Waals surface area contributed by atoms with Crippen LogP contribution < -0.4 is 4.74 Å². The molecule has 5 heteroatoms. The number of nitrogens with zero attached hydrogens (tertiary/aromatic N) is 2. The Morgan fingerprint density at radius 1 is 1.16 bits per heavy atom. The molecule has 0 saturated heterocycles. The van der Waals surface area contributed by atoms with E-state index in [-0.39, 0.29) is 5.91 Å². The van der Waals surface area contributed by atoms with Crippen molar-refractivity contribution in [3.8, 4) is 11.8 Å². The maximum absolute atomic E-state index is 12.6. The highest BCUT2D eigenvalue weighted by atomic mass is 32.2. The Labute approximate surface area is 153 Å². The molecule has 0 bridgehead atoms. The minimum atomic E-state index is 0.118. The van der Waals surface area contributed by atoms with Crippen LogP contribution in [0.2, 0.25) is 0 Å². The SMILES string of the molecule is CCCN(Cc1ccc(C#N)cc1)C(=O)CSc1ccc(OC)cc1. The highest BCUT2D eigenvalue weighted by molar-refractivity contribution is 8.00. The molecule has 0 unspecified atom stereocenters. The van der Waals surface area contributed by atoms with E-state index in [1.807, 2.05) is 41.3 Å². The zero-order valence-corrected chi connectivity index (χ0v) is 15.4. The molecule has 130 valence electrons. The van der Waals surface area contributed by atoms with E-state index in [4.69, 9.17) is 10.00 Å². The summed E-state index contributed by atoms with van der Waals surface area (Å²) in [7, 11) is 1.64. The molecule has 4 nitrogen and oxygen atoms in total. The Bertz CT molecular complexity index is 721. The molecular formula is C20H22N2O2S. The maximum atomic E-state index is 12.6. The van der Waals surface area contributed by atoms with E-state index < -0.39 is 0 Å². The molecule has 2 rings (SSSR count). The van der Waals surface area contributed by atoms with Gasteiger partial charge in [-0.1, -0.05) is 19.1 Å². The minimum absolute atomic E-state index is 0.118. The topological polar surface area (TPSA) is 53.3 Å². The van der Waals surface area contributed by atoms with Crippen molar-refractivity contribution in [3.05, 3.63) is 59.7 Å². The molecule has 1 amide bonds. The van der Waals surface area contributed by atoms with Crippen molar-refractivity contribution in [1.29, 1.82) is 5.26 Å². The summed E-state index contributed by atoms with van der Waals surface area (Å²) >= 11 is 1.53. The lowest BCUT2D eigenvalue weighted by atomic mass is 10.1. The van der Waals surface area contributed by atoms with Gasteiger partial charge in [-0.25, -0.2) is 0 Å². The lowest BCUT2D eigenvalue weighted by Crippen LogP contribution is -2.32. The standard InChI is InChI=1S/C20H22N2O2S/c1-3-12-22(14-17-6-4-16(13-21)5-7-17)20(23)15-25-19-10-8-18(24-2)9-11-19/h4-11H,3,12,14-15H2,1-2H3. The van der Waals surface area contributed by atoms with Gasteiger partial charge < -0.3 is 9.64 Å². The van der Waals surface area contributed by atoms with Crippen molar-refractivity contribution in [2.24, 2.45) is 0 Å². The second kappa shape index (κ2) is 9.75. The summed E-state index contributed by atoms with van der Waals surface area (Å²) in [5.41, 5.74) is 1.67. The Morgan fingerprint density at radius 3 is 2.40 bits per heavy atom. The second-order valence-electron chi connectivity index (χ2n) is 5.59. The first-order chi connectivity index (χ1) is 12.2. The van der Waals surface area contributed by atoms with Gasteiger partial charge in [-0.05, 0) is 48.4 Å². The molecule has 0 atom stereocenters. The molecule has 2 aromatic rings. The van der Waals surface area contributed by atoms with Crippen LogP contribution in [0.4, 0.5) is 0 Å². The van der Waals surface area contributed by atoms with Crippen LogP contribution in [0.3, 0.4) is 0 Å². The smallest absolute Gasteiger partial charge is 0.233 e. The number of carbonyl (C=O) groups excluding carboxylic acids is 1. The largest absolute Gasteiger partial charge is 0.497 e. The first kappa shape index (κ1) is 18.9. The molecule has 2 aromatic carbocycles. The zero-order chi connectivity index (χ0) is 18.1. The van der Waals surface area contributed by atoms with E-state index in [1.54, 1.807) is 19.2 Å². The maximum Gasteiger partial charge on any atom is 0.233 e. The monoisotopic (exact) mass is 354 g/mol. The molecule has 25 heavy (non-hydrogen) atoms. The molecule has 0 saturated carbocycles. The van der Waals surface area contributed by atoms with Crippen LogP contribution >= 0.6 is 11.8 Å². The number of nitriles is 1. The van der Waals surface area contributed by atoms with Gasteiger partial charge in [0.2, 0.25) is 5.91 Å². The first-order valence-electron chi connectivity index (χ1n) is 8.20. The number of hydrogen-bond donors (Lipinski definition) is 0. The molecule has 0 aliphatic heterocycles. The third-order valence-corrected chi connectivity index (χ3v) is 4.72.